The molecule has 1 rings (SSSR count). The molecule has 0 saturated carbocycles. The van der Waals surface area contributed by atoms with Crippen molar-refractivity contribution >= 4 is 38.1 Å². The molecule has 1 atom stereocenters. The maximum atomic E-state index is 12.4. The first-order valence-electron chi connectivity index (χ1n) is 7.42. The lowest BCUT2D eigenvalue weighted by Crippen LogP contribution is -2.39. The van der Waals surface area contributed by atoms with Gasteiger partial charge in [-0.3, -0.25) is 4.72 Å². The normalized spacial score (nSPS) is 13.4. The summed E-state index contributed by atoms with van der Waals surface area (Å²) in [4.78, 5) is 0.0943. The van der Waals surface area contributed by atoms with Crippen LogP contribution in [0.5, 0.6) is 0 Å². The van der Waals surface area contributed by atoms with Crippen molar-refractivity contribution < 1.29 is 16.8 Å². The van der Waals surface area contributed by atoms with Gasteiger partial charge in [0.15, 0.2) is 0 Å². The van der Waals surface area contributed by atoms with Crippen molar-refractivity contribution in [2.45, 2.75) is 37.6 Å². The number of rotatable bonds is 9. The van der Waals surface area contributed by atoms with Gasteiger partial charge in [-0.1, -0.05) is 13.3 Å². The van der Waals surface area contributed by atoms with Crippen molar-refractivity contribution in [1.29, 1.82) is 0 Å². The third-order valence-corrected chi connectivity index (χ3v) is 6.89. The minimum atomic E-state index is -3.65. The highest BCUT2D eigenvalue weighted by Crippen LogP contribution is 2.19. The van der Waals surface area contributed by atoms with Gasteiger partial charge in [0, 0.05) is 25.3 Å². The summed E-state index contributed by atoms with van der Waals surface area (Å²) in [5.41, 5.74) is 5.84. The second-order valence-corrected chi connectivity index (χ2v) is 9.24. The second-order valence-electron chi connectivity index (χ2n) is 5.40. The van der Waals surface area contributed by atoms with Crippen molar-refractivity contribution in [1.82, 2.24) is 4.31 Å². The Morgan fingerprint density at radius 3 is 2.17 bits per heavy atom. The van der Waals surface area contributed by atoms with Crippen LogP contribution in [0, 0.1) is 0 Å². The molecule has 0 spiro atoms. The van der Waals surface area contributed by atoms with Gasteiger partial charge >= 0.3 is 0 Å². The first kappa shape index (κ1) is 23.1. The number of unbranched alkanes of at least 4 members (excludes halogenated alkanes) is 1. The van der Waals surface area contributed by atoms with E-state index in [1.54, 1.807) is 6.92 Å². The fourth-order valence-corrected chi connectivity index (χ4v) is 4.45. The summed E-state index contributed by atoms with van der Waals surface area (Å²) >= 11 is 0. The molecule has 0 fully saturated rings. The number of nitrogens with one attached hydrogen (secondary N) is 1. The Balaban J connectivity index is 0.00000529. The highest BCUT2D eigenvalue weighted by Gasteiger charge is 2.24. The van der Waals surface area contributed by atoms with Crippen molar-refractivity contribution in [3.8, 4) is 0 Å². The summed E-state index contributed by atoms with van der Waals surface area (Å²) in [5, 5.41) is 0. The van der Waals surface area contributed by atoms with Crippen LogP contribution in [0.25, 0.3) is 0 Å². The maximum absolute atomic E-state index is 12.4. The summed E-state index contributed by atoms with van der Waals surface area (Å²) in [5.74, 6) is 0.0420. The summed E-state index contributed by atoms with van der Waals surface area (Å²) in [6, 6.07) is 5.32. The molecular weight excluding hydrogens is 374 g/mol. The Bertz CT molecular complexity index is 706. The lowest BCUT2D eigenvalue weighted by atomic mass is 10.3. The van der Waals surface area contributed by atoms with Crippen LogP contribution in [0.4, 0.5) is 5.69 Å². The number of likely N-dealkylation sites (N-methyl/N-ethyl adjacent to an activating group) is 1. The van der Waals surface area contributed by atoms with Gasteiger partial charge in [-0.25, -0.2) is 16.8 Å². The number of benzene rings is 1. The highest BCUT2D eigenvalue weighted by molar-refractivity contribution is 7.92. The Labute approximate surface area is 151 Å². The van der Waals surface area contributed by atoms with E-state index in [1.165, 1.54) is 35.6 Å². The predicted molar refractivity (Wildman–Crippen MR) is 99.5 cm³/mol. The molecule has 10 heteroatoms. The zero-order valence-corrected chi connectivity index (χ0v) is 16.5. The van der Waals surface area contributed by atoms with E-state index < -0.39 is 20.0 Å². The number of halogens is 1. The third kappa shape index (κ3) is 6.21. The zero-order valence-electron chi connectivity index (χ0n) is 14.1. The van der Waals surface area contributed by atoms with Crippen molar-refractivity contribution in [2.24, 2.45) is 5.73 Å². The molecule has 0 heterocycles. The molecule has 0 aliphatic rings. The Hall–Kier alpha value is -0.870. The molecule has 1 aromatic rings. The van der Waals surface area contributed by atoms with Crippen molar-refractivity contribution in [3.63, 3.8) is 0 Å². The van der Waals surface area contributed by atoms with E-state index in [9.17, 15) is 16.8 Å². The molecule has 0 bridgehead atoms. The van der Waals surface area contributed by atoms with Crippen LogP contribution < -0.4 is 10.5 Å². The summed E-state index contributed by atoms with van der Waals surface area (Å²) in [6.45, 7) is 3.84. The van der Waals surface area contributed by atoms with Gasteiger partial charge in [-0.2, -0.15) is 4.31 Å². The number of hydrogen-bond acceptors (Lipinski definition) is 5. The molecule has 1 aromatic carbocycles. The van der Waals surface area contributed by atoms with Crippen LogP contribution in [-0.2, 0) is 20.0 Å². The Morgan fingerprint density at radius 1 is 1.17 bits per heavy atom. The van der Waals surface area contributed by atoms with E-state index in [4.69, 9.17) is 5.73 Å². The topological polar surface area (TPSA) is 110 Å². The van der Waals surface area contributed by atoms with Gasteiger partial charge in [-0.15, -0.1) is 12.4 Å². The van der Waals surface area contributed by atoms with Gasteiger partial charge < -0.3 is 5.73 Å². The number of hydrogen-bond donors (Lipinski definition) is 2. The van der Waals surface area contributed by atoms with E-state index in [1.807, 2.05) is 6.92 Å². The van der Waals surface area contributed by atoms with Gasteiger partial charge in [-0.05, 0) is 37.6 Å². The van der Waals surface area contributed by atoms with E-state index >= 15 is 0 Å². The van der Waals surface area contributed by atoms with Crippen LogP contribution in [0.3, 0.4) is 0 Å². The van der Waals surface area contributed by atoms with Crippen LogP contribution in [0.1, 0.15) is 26.7 Å². The highest BCUT2D eigenvalue weighted by atomic mass is 35.5. The lowest BCUT2D eigenvalue weighted by Gasteiger charge is -2.23. The molecule has 7 nitrogen and oxygen atoms in total. The first-order chi connectivity index (χ1) is 10.6. The molecule has 0 aliphatic heterocycles. The lowest BCUT2D eigenvalue weighted by molar-refractivity contribution is 0.394. The van der Waals surface area contributed by atoms with Gasteiger partial charge in [0.05, 0.1) is 10.6 Å². The van der Waals surface area contributed by atoms with Crippen LogP contribution in [0.15, 0.2) is 29.2 Å². The average molecular weight is 400 g/mol. The number of nitrogens with zero attached hydrogens (tertiary/aromatic N) is 1. The standard InChI is InChI=1S/C14H25N3O4S2.ClH/c1-4-5-10-22(18,19)16-13-6-8-14(9-7-13)23(20,21)17(3)12(2)11-15;/h6-9,12,16H,4-5,10-11,15H2,1-3H3;1H. The summed E-state index contributed by atoms with van der Waals surface area (Å²) < 4.78 is 52.1. The van der Waals surface area contributed by atoms with E-state index in [-0.39, 0.29) is 35.6 Å². The Kier molecular flexibility index (Phi) is 9.22. The molecule has 0 saturated heterocycles. The zero-order chi connectivity index (χ0) is 17.7. The number of nitrogens with two attached hydrogens (primary N) is 1. The first-order valence-corrected chi connectivity index (χ1v) is 10.5. The van der Waals surface area contributed by atoms with Crippen molar-refractivity contribution in [2.75, 3.05) is 24.1 Å². The third-order valence-electron chi connectivity index (χ3n) is 3.53. The predicted octanol–water partition coefficient (Wildman–Crippen LogP) is 1.62. The van der Waals surface area contributed by atoms with Gasteiger partial charge in [0.1, 0.15) is 0 Å². The maximum Gasteiger partial charge on any atom is 0.243 e. The molecule has 24 heavy (non-hydrogen) atoms. The molecule has 1 unspecified atom stereocenters. The largest absolute Gasteiger partial charge is 0.329 e. The van der Waals surface area contributed by atoms with Crippen LogP contribution in [-0.4, -0.2) is 46.5 Å². The van der Waals surface area contributed by atoms with E-state index in [0.717, 1.165) is 6.42 Å². The van der Waals surface area contributed by atoms with E-state index in [0.29, 0.717) is 12.1 Å². The molecule has 0 aliphatic carbocycles. The van der Waals surface area contributed by atoms with Crippen LogP contribution >= 0.6 is 12.4 Å². The average Bonchev–Trinajstić information content (AvgIpc) is 2.51. The number of sulfonamides is 2. The number of anilines is 1. The fourth-order valence-electron chi connectivity index (χ4n) is 1.81. The fraction of sp³-hybridized carbons (Fsp3) is 0.571. The minimum Gasteiger partial charge on any atom is -0.329 e. The molecule has 140 valence electrons. The van der Waals surface area contributed by atoms with Gasteiger partial charge in [0.25, 0.3) is 0 Å². The van der Waals surface area contributed by atoms with Crippen molar-refractivity contribution in [3.05, 3.63) is 24.3 Å². The second kappa shape index (κ2) is 9.57. The Morgan fingerprint density at radius 2 is 1.71 bits per heavy atom. The molecule has 0 amide bonds. The quantitative estimate of drug-likeness (QED) is 0.655. The minimum absolute atomic E-state index is 0. The smallest absolute Gasteiger partial charge is 0.243 e. The summed E-state index contributed by atoms with van der Waals surface area (Å²) in [7, 11) is -5.59. The molecule has 0 aromatic heterocycles. The van der Waals surface area contributed by atoms with Crippen LogP contribution in [0.2, 0.25) is 0 Å². The van der Waals surface area contributed by atoms with Gasteiger partial charge in [0.2, 0.25) is 20.0 Å². The van der Waals surface area contributed by atoms with E-state index in [2.05, 4.69) is 4.72 Å². The SMILES string of the molecule is CCCCS(=O)(=O)Nc1ccc(S(=O)(=O)N(C)C(C)CN)cc1.Cl. The molecular formula is C14H26ClN3O4S2. The summed E-state index contributed by atoms with van der Waals surface area (Å²) in [6.07, 6.45) is 1.35. The molecule has 0 radical (unpaired) electrons. The molecule has 3 N–H and O–H groups in total. The monoisotopic (exact) mass is 399 g/mol.